The summed E-state index contributed by atoms with van der Waals surface area (Å²) in [6.07, 6.45) is 5.93. The van der Waals surface area contributed by atoms with E-state index < -0.39 is 10.4 Å². The normalized spacial score (nSPS) is 11.7. The van der Waals surface area contributed by atoms with Gasteiger partial charge in [0.2, 0.25) is 0 Å². The lowest BCUT2D eigenvalue weighted by molar-refractivity contribution is -0.833. The van der Waals surface area contributed by atoms with E-state index in [1.165, 1.54) is 12.1 Å². The van der Waals surface area contributed by atoms with Crippen molar-refractivity contribution in [2.45, 2.75) is 19.8 Å². The molecule has 0 aliphatic carbocycles. The average molecular weight is 303 g/mol. The zero-order valence-electron chi connectivity index (χ0n) is 11.1. The fourth-order valence-electron chi connectivity index (χ4n) is 1.49. The summed E-state index contributed by atoms with van der Waals surface area (Å²) in [5.41, 5.74) is 11.8. The zero-order valence-corrected chi connectivity index (χ0v) is 11.9. The summed E-state index contributed by atoms with van der Waals surface area (Å²) in [5, 5.41) is 3.08. The summed E-state index contributed by atoms with van der Waals surface area (Å²) in [6, 6.07) is 2.90. The molecule has 0 saturated heterocycles. The van der Waals surface area contributed by atoms with Gasteiger partial charge in [-0.1, -0.05) is 19.1 Å². The molecule has 112 valence electrons. The Kier molecular flexibility index (Phi) is 5.59. The number of hydrogen-bond acceptors (Lipinski definition) is 6. The van der Waals surface area contributed by atoms with Crippen molar-refractivity contribution in [2.75, 3.05) is 23.3 Å². The summed E-state index contributed by atoms with van der Waals surface area (Å²) >= 11 is 0. The summed E-state index contributed by atoms with van der Waals surface area (Å²) < 4.78 is 34.7. The second-order valence-electron chi connectivity index (χ2n) is 3.99. The molecule has 1 aromatic heterocycles. The quantitative estimate of drug-likeness (QED) is 0.244. The Labute approximate surface area is 117 Å². The van der Waals surface area contributed by atoms with E-state index in [9.17, 15) is 8.42 Å². The number of nitrogens with zero attached hydrogens (tertiary/aromatic N) is 1. The molecule has 0 aliphatic rings. The van der Waals surface area contributed by atoms with Gasteiger partial charge in [0.1, 0.15) is 0 Å². The van der Waals surface area contributed by atoms with Crippen LogP contribution in [-0.2, 0) is 10.4 Å². The van der Waals surface area contributed by atoms with Crippen LogP contribution < -0.4 is 25.8 Å². The van der Waals surface area contributed by atoms with E-state index in [2.05, 4.69) is 22.6 Å². The number of aromatic nitrogens is 1. The van der Waals surface area contributed by atoms with E-state index in [1.54, 1.807) is 0 Å². The minimum atomic E-state index is -4.69. The first-order valence-electron chi connectivity index (χ1n) is 6.00. The first-order chi connectivity index (χ1) is 9.33. The molecule has 9 heteroatoms. The number of anilines is 3. The lowest BCUT2D eigenvalue weighted by Crippen LogP contribution is -2.49. The minimum absolute atomic E-state index is 0.0609. The van der Waals surface area contributed by atoms with Crippen LogP contribution >= 0.6 is 0 Å². The largest absolute Gasteiger partial charge is 0.476 e. The van der Waals surface area contributed by atoms with Crippen LogP contribution in [0.3, 0.4) is 0 Å². The first-order valence-corrected chi connectivity index (χ1v) is 7.37. The second-order valence-corrected chi connectivity index (χ2v) is 4.99. The third-order valence-electron chi connectivity index (χ3n) is 2.29. The van der Waals surface area contributed by atoms with Gasteiger partial charge in [0.15, 0.2) is 0 Å². The maximum atomic E-state index is 10.6. The fraction of sp³-hybridized carbons (Fsp3) is 0.364. The second kappa shape index (κ2) is 6.96. The maximum absolute atomic E-state index is 10.6. The molecule has 0 amide bonds. The number of nitrogens with two attached hydrogens (primary N) is 2. The number of allylic oxidation sites excluding steroid dienone is 1. The Hall–Kier alpha value is -2.00. The van der Waals surface area contributed by atoms with Crippen LogP contribution in [0.5, 0.6) is 0 Å². The molecule has 0 unspecified atom stereocenters. The monoisotopic (exact) mass is 303 g/mol. The van der Waals surface area contributed by atoms with Crippen molar-refractivity contribution in [1.29, 1.82) is 0 Å². The number of nitrogen functional groups attached to an aromatic ring is 2. The molecule has 1 rings (SSSR count). The van der Waals surface area contributed by atoms with Crippen LogP contribution in [0, 0.1) is 0 Å². The average Bonchev–Trinajstić information content (AvgIpc) is 2.32. The Morgan fingerprint density at radius 1 is 1.35 bits per heavy atom. The van der Waals surface area contributed by atoms with Crippen LogP contribution in [-0.4, -0.2) is 19.5 Å². The van der Waals surface area contributed by atoms with Gasteiger partial charge in [-0.25, -0.2) is 4.28 Å². The lowest BCUT2D eigenvalue weighted by atomic mass is 10.3. The van der Waals surface area contributed by atoms with Gasteiger partial charge >= 0.3 is 10.4 Å². The van der Waals surface area contributed by atoms with E-state index in [0.29, 0.717) is 17.0 Å². The molecule has 6 N–H and O–H groups in total. The van der Waals surface area contributed by atoms with Crippen molar-refractivity contribution in [3.8, 4) is 0 Å². The highest BCUT2D eigenvalue weighted by Crippen LogP contribution is 2.12. The third kappa shape index (κ3) is 5.33. The highest BCUT2D eigenvalue weighted by Gasteiger charge is 2.18. The van der Waals surface area contributed by atoms with E-state index in [1.807, 2.05) is 6.08 Å². The molecule has 0 atom stereocenters. The highest BCUT2D eigenvalue weighted by molar-refractivity contribution is 7.80. The maximum Gasteiger partial charge on any atom is 0.476 e. The van der Waals surface area contributed by atoms with Crippen LogP contribution in [0.25, 0.3) is 0 Å². The molecule has 0 saturated carbocycles. The molecule has 0 aliphatic heterocycles. The fourth-order valence-corrected chi connectivity index (χ4v) is 1.85. The van der Waals surface area contributed by atoms with Crippen LogP contribution in [0.4, 0.5) is 17.3 Å². The van der Waals surface area contributed by atoms with Gasteiger partial charge in [0, 0.05) is 24.4 Å². The van der Waals surface area contributed by atoms with Gasteiger partial charge in [-0.05, 0) is 17.6 Å². The van der Waals surface area contributed by atoms with E-state index in [-0.39, 0.29) is 11.6 Å². The van der Waals surface area contributed by atoms with Gasteiger partial charge < -0.3 is 16.8 Å². The molecule has 0 radical (unpaired) electrons. The Morgan fingerprint density at radius 3 is 2.45 bits per heavy atom. The summed E-state index contributed by atoms with van der Waals surface area (Å²) in [4.78, 5) is 0. The van der Waals surface area contributed by atoms with Crippen molar-refractivity contribution in [1.82, 2.24) is 0 Å². The zero-order chi connectivity index (χ0) is 15.2. The molecular formula is C11H19N4O4S+. The van der Waals surface area contributed by atoms with Crippen molar-refractivity contribution < 1.29 is 22.0 Å². The summed E-state index contributed by atoms with van der Waals surface area (Å²) in [6.45, 7) is 2.73. The molecule has 0 aromatic carbocycles. The number of nitrogens with one attached hydrogen (secondary N) is 1. The first kappa shape index (κ1) is 16.1. The van der Waals surface area contributed by atoms with Crippen molar-refractivity contribution >= 4 is 27.7 Å². The standard InChI is InChI=1S/C11H18N4O4S/c1-2-3-4-5-6-14-9-7-10(12)15(11(13)8-9)19-20(16,17)18/h3-4,7-8H,2,5-6H2,1H3,(H5,12,13,14,16,17,18)/p+1. The molecule has 1 heterocycles. The molecule has 1 aromatic rings. The molecular weight excluding hydrogens is 284 g/mol. The predicted molar refractivity (Wildman–Crippen MR) is 76.1 cm³/mol. The minimum Gasteiger partial charge on any atom is -0.384 e. The highest BCUT2D eigenvalue weighted by atomic mass is 32.3. The van der Waals surface area contributed by atoms with Gasteiger partial charge in [0.05, 0.1) is 0 Å². The Morgan fingerprint density at radius 2 is 1.95 bits per heavy atom. The molecule has 8 nitrogen and oxygen atoms in total. The van der Waals surface area contributed by atoms with E-state index in [0.717, 1.165) is 12.8 Å². The smallest absolute Gasteiger partial charge is 0.384 e. The lowest BCUT2D eigenvalue weighted by Gasteiger charge is -2.09. The molecule has 20 heavy (non-hydrogen) atoms. The third-order valence-corrected chi connectivity index (χ3v) is 2.62. The van der Waals surface area contributed by atoms with E-state index >= 15 is 0 Å². The number of rotatable bonds is 7. The van der Waals surface area contributed by atoms with Gasteiger partial charge in [-0.2, -0.15) is 8.42 Å². The van der Waals surface area contributed by atoms with Crippen molar-refractivity contribution in [3.63, 3.8) is 0 Å². The van der Waals surface area contributed by atoms with Gasteiger partial charge in [-0.3, -0.25) is 4.55 Å². The topological polar surface area (TPSA) is 132 Å². The van der Waals surface area contributed by atoms with Crippen molar-refractivity contribution in [2.24, 2.45) is 0 Å². The van der Waals surface area contributed by atoms with Gasteiger partial charge in [-0.15, -0.1) is 0 Å². The van der Waals surface area contributed by atoms with Crippen LogP contribution in [0.2, 0.25) is 0 Å². The number of hydrogen-bond donors (Lipinski definition) is 4. The SMILES string of the molecule is CCC=CCCNc1cc(N)[n+](OS(=O)(=O)O)c(N)c1. The summed E-state index contributed by atoms with van der Waals surface area (Å²) in [7, 11) is -4.69. The predicted octanol–water partition coefficient (Wildman–Crippen LogP) is 0.138. The van der Waals surface area contributed by atoms with Crippen LogP contribution in [0.1, 0.15) is 19.8 Å². The summed E-state index contributed by atoms with van der Waals surface area (Å²) in [5.74, 6) is -0.122. The molecule has 0 fully saturated rings. The van der Waals surface area contributed by atoms with E-state index in [4.69, 9.17) is 16.0 Å². The molecule has 0 spiro atoms. The van der Waals surface area contributed by atoms with Crippen LogP contribution in [0.15, 0.2) is 24.3 Å². The Bertz CT molecular complexity index is 563. The van der Waals surface area contributed by atoms with Gasteiger partial charge in [0.25, 0.3) is 11.6 Å². The Balaban J connectivity index is 2.75. The van der Waals surface area contributed by atoms with Crippen molar-refractivity contribution in [3.05, 3.63) is 24.3 Å². The molecule has 0 bridgehead atoms. The number of pyridine rings is 1.